The number of aromatic nitrogens is 2. The van der Waals surface area contributed by atoms with E-state index in [-0.39, 0.29) is 22.2 Å². The molecule has 6 nitrogen and oxygen atoms in total. The molecule has 3 rings (SSSR count). The number of alkyl halides is 2. The first kappa shape index (κ1) is 21.9. The number of hydrogen-bond acceptors (Lipinski definition) is 5. The van der Waals surface area contributed by atoms with Crippen LogP contribution in [0, 0.1) is 20.8 Å². The maximum absolute atomic E-state index is 14.6. The highest BCUT2D eigenvalue weighted by molar-refractivity contribution is 14.1. The molecule has 0 aliphatic carbocycles. The number of carbonyl (C=O) groups excluding carboxylic acids is 1. The van der Waals surface area contributed by atoms with Crippen LogP contribution in [0.25, 0.3) is 22.0 Å². The second-order valence-corrected chi connectivity index (χ2v) is 8.22. The van der Waals surface area contributed by atoms with Crippen molar-refractivity contribution in [2.45, 2.75) is 33.0 Å². The second kappa shape index (κ2) is 8.14. The third kappa shape index (κ3) is 4.35. The van der Waals surface area contributed by atoms with Crippen LogP contribution in [-0.4, -0.2) is 28.1 Å². The lowest BCUT2D eigenvalue weighted by molar-refractivity contribution is -0.0495. The van der Waals surface area contributed by atoms with E-state index >= 15 is 0 Å². The molecule has 156 valence electrons. The first-order chi connectivity index (χ1) is 14.0. The summed E-state index contributed by atoms with van der Waals surface area (Å²) in [5.41, 5.74) is -0.792. The number of rotatable bonds is 3. The smallest absolute Gasteiger partial charge is 0.435 e. The second-order valence-electron chi connectivity index (χ2n) is 7.20. The number of carbonyl (C=O) groups is 1. The highest BCUT2D eigenvalue weighted by Crippen LogP contribution is 2.38. The van der Waals surface area contributed by atoms with Crippen LogP contribution >= 0.6 is 22.6 Å². The first-order valence-corrected chi connectivity index (χ1v) is 9.69. The van der Waals surface area contributed by atoms with Gasteiger partial charge in [-0.15, -0.1) is 0 Å². The van der Waals surface area contributed by atoms with Crippen LogP contribution in [0.5, 0.6) is 5.75 Å². The lowest BCUT2D eigenvalue weighted by atomic mass is 9.97. The van der Waals surface area contributed by atoms with Crippen molar-refractivity contribution in [3.63, 3.8) is 0 Å². The summed E-state index contributed by atoms with van der Waals surface area (Å²) in [6.45, 7) is 1.92. The lowest BCUT2D eigenvalue weighted by Gasteiger charge is -2.19. The topological polar surface area (TPSA) is 77.1 Å². The van der Waals surface area contributed by atoms with Gasteiger partial charge < -0.3 is 9.47 Å². The molecule has 0 amide bonds. The summed E-state index contributed by atoms with van der Waals surface area (Å²) in [4.78, 5) is 12.5. The van der Waals surface area contributed by atoms with E-state index in [2.05, 4.69) is 9.84 Å². The van der Waals surface area contributed by atoms with E-state index < -0.39 is 29.9 Å². The summed E-state index contributed by atoms with van der Waals surface area (Å²) in [6.07, 6.45) is -0.750. The molecule has 10 heteroatoms. The maximum atomic E-state index is 14.6. The zero-order valence-corrected chi connectivity index (χ0v) is 18.2. The number of ether oxygens (including phenoxy) is 2. The van der Waals surface area contributed by atoms with Crippen LogP contribution in [0.1, 0.15) is 26.3 Å². The molecule has 0 fully saturated rings. The van der Waals surface area contributed by atoms with Crippen molar-refractivity contribution in [2.24, 2.45) is 0 Å². The Morgan fingerprint density at radius 3 is 2.60 bits per heavy atom. The van der Waals surface area contributed by atoms with Gasteiger partial charge in [0.05, 0.1) is 22.7 Å². The third-order valence-electron chi connectivity index (χ3n) is 3.92. The summed E-state index contributed by atoms with van der Waals surface area (Å²) in [5.74, 6) is -1.24. The molecule has 1 aromatic heterocycles. The van der Waals surface area contributed by atoms with E-state index in [9.17, 15) is 23.2 Å². The molecule has 0 saturated heterocycles. The fraction of sp³-hybridized carbons (Fsp3) is 0.250. The van der Waals surface area contributed by atoms with Gasteiger partial charge in [-0.05, 0) is 67.6 Å². The highest BCUT2D eigenvalue weighted by Gasteiger charge is 2.25. The van der Waals surface area contributed by atoms with E-state index in [1.165, 1.54) is 24.3 Å². The molecule has 0 N–H and O–H groups in total. The van der Waals surface area contributed by atoms with Gasteiger partial charge in [0.25, 0.3) is 0 Å². The van der Waals surface area contributed by atoms with E-state index in [0.29, 0.717) is 9.09 Å². The van der Waals surface area contributed by atoms with Crippen molar-refractivity contribution in [1.29, 1.82) is 5.26 Å². The molecule has 2 aromatic carbocycles. The average molecular weight is 529 g/mol. The van der Waals surface area contributed by atoms with E-state index in [0.717, 1.165) is 10.7 Å². The zero-order chi connectivity index (χ0) is 22.2. The van der Waals surface area contributed by atoms with Crippen molar-refractivity contribution in [2.75, 3.05) is 0 Å². The predicted molar refractivity (Wildman–Crippen MR) is 111 cm³/mol. The number of fused-ring (bicyclic) bond motifs is 1. The molecule has 0 aliphatic rings. The fourth-order valence-corrected chi connectivity index (χ4v) is 3.48. The van der Waals surface area contributed by atoms with Gasteiger partial charge in [0, 0.05) is 10.9 Å². The number of nitrogens with zero attached hydrogens (tertiary/aromatic N) is 3. The number of hydrogen-bond donors (Lipinski definition) is 0. The zero-order valence-electron chi connectivity index (χ0n) is 16.0. The molecule has 0 spiro atoms. The van der Waals surface area contributed by atoms with Crippen molar-refractivity contribution in [3.8, 4) is 22.9 Å². The van der Waals surface area contributed by atoms with Crippen molar-refractivity contribution < 1.29 is 27.4 Å². The van der Waals surface area contributed by atoms with Crippen LogP contribution < -0.4 is 4.74 Å². The van der Waals surface area contributed by atoms with Gasteiger partial charge in [0.1, 0.15) is 20.9 Å². The Balaban J connectivity index is 2.25. The Hall–Kier alpha value is -2.81. The highest BCUT2D eigenvalue weighted by atomic mass is 127. The molecule has 0 aliphatic heterocycles. The number of benzene rings is 2. The van der Waals surface area contributed by atoms with Gasteiger partial charge >= 0.3 is 12.7 Å². The number of halogens is 4. The molecule has 1 heterocycles. The third-order valence-corrected chi connectivity index (χ3v) is 4.72. The molecule has 0 bridgehead atoms. The van der Waals surface area contributed by atoms with Crippen LogP contribution in [-0.2, 0) is 4.74 Å². The Labute approximate surface area is 183 Å². The molecule has 0 radical (unpaired) electrons. The summed E-state index contributed by atoms with van der Waals surface area (Å²) >= 11 is 1.88. The standard InChI is InChI=1S/C20H15F3IN3O3/c1-20(2,3)30-19(28)27-14-7-10(9-25)11(8-12(14)17(24)26-27)16-13(21)5-4-6-15(16)29-18(22)23/h4-8,18H,1-3H3. The Morgan fingerprint density at radius 2 is 2.00 bits per heavy atom. The molecule has 3 aromatic rings. The van der Waals surface area contributed by atoms with Crippen LogP contribution in [0.2, 0.25) is 0 Å². The minimum atomic E-state index is -3.17. The Morgan fingerprint density at radius 1 is 1.30 bits per heavy atom. The summed E-state index contributed by atoms with van der Waals surface area (Å²) in [5, 5.41) is 14.2. The van der Waals surface area contributed by atoms with Crippen LogP contribution in [0.3, 0.4) is 0 Å². The van der Waals surface area contributed by atoms with Crippen LogP contribution in [0.15, 0.2) is 30.3 Å². The van der Waals surface area contributed by atoms with Gasteiger partial charge in [0.15, 0.2) is 0 Å². The molecular weight excluding hydrogens is 514 g/mol. The van der Waals surface area contributed by atoms with Crippen molar-refractivity contribution in [1.82, 2.24) is 9.78 Å². The summed E-state index contributed by atoms with van der Waals surface area (Å²) in [6, 6.07) is 8.16. The first-order valence-electron chi connectivity index (χ1n) is 8.61. The van der Waals surface area contributed by atoms with Gasteiger partial charge in [0.2, 0.25) is 0 Å². The van der Waals surface area contributed by atoms with E-state index in [4.69, 9.17) is 4.74 Å². The van der Waals surface area contributed by atoms with Gasteiger partial charge in [-0.2, -0.15) is 23.8 Å². The summed E-state index contributed by atoms with van der Waals surface area (Å²) < 4.78 is 51.3. The van der Waals surface area contributed by atoms with Crippen molar-refractivity contribution >= 4 is 39.6 Å². The van der Waals surface area contributed by atoms with Crippen LogP contribution in [0.4, 0.5) is 18.0 Å². The van der Waals surface area contributed by atoms with Gasteiger partial charge in [-0.3, -0.25) is 0 Å². The summed E-state index contributed by atoms with van der Waals surface area (Å²) in [7, 11) is 0. The normalized spacial score (nSPS) is 11.6. The quantitative estimate of drug-likeness (QED) is 0.407. The molecule has 30 heavy (non-hydrogen) atoms. The Kier molecular flexibility index (Phi) is 5.94. The molecule has 0 unspecified atom stereocenters. The lowest BCUT2D eigenvalue weighted by Crippen LogP contribution is -2.27. The molecule has 0 saturated carbocycles. The minimum absolute atomic E-state index is 0.0420. The fourth-order valence-electron chi connectivity index (χ4n) is 2.83. The van der Waals surface area contributed by atoms with Gasteiger partial charge in [-0.1, -0.05) is 6.07 Å². The minimum Gasteiger partial charge on any atom is -0.442 e. The maximum Gasteiger partial charge on any atom is 0.435 e. The SMILES string of the molecule is CC(C)(C)OC(=O)n1nc(I)c2cc(-c3c(F)cccc3OC(F)F)c(C#N)cc21. The largest absolute Gasteiger partial charge is 0.442 e. The number of nitriles is 1. The molecular formula is C20H15F3IN3O3. The average Bonchev–Trinajstić information content (AvgIpc) is 2.95. The Bertz CT molecular complexity index is 1180. The van der Waals surface area contributed by atoms with Crippen molar-refractivity contribution in [3.05, 3.63) is 45.4 Å². The van der Waals surface area contributed by atoms with E-state index in [1.807, 2.05) is 28.7 Å². The van der Waals surface area contributed by atoms with E-state index in [1.54, 1.807) is 20.8 Å². The predicted octanol–water partition coefficient (Wildman–Crippen LogP) is 5.70. The molecule has 0 atom stereocenters. The monoisotopic (exact) mass is 529 g/mol. The van der Waals surface area contributed by atoms with Gasteiger partial charge in [-0.25, -0.2) is 9.18 Å².